The molecule has 0 amide bonds. The summed E-state index contributed by atoms with van der Waals surface area (Å²) in [6.07, 6.45) is 0.617. The molecule has 0 N–H and O–H groups in total. The van der Waals surface area contributed by atoms with E-state index in [1.54, 1.807) is 13.8 Å². The Morgan fingerprint density at radius 3 is 1.07 bits per heavy atom. The first-order valence-electron chi connectivity index (χ1n) is 8.68. The molecule has 2 unspecified atom stereocenters. The Hall–Kier alpha value is -1.23. The van der Waals surface area contributed by atoms with Crippen molar-refractivity contribution in [2.24, 2.45) is 10.2 Å². The van der Waals surface area contributed by atoms with Gasteiger partial charge in [0, 0.05) is 54.7 Å². The van der Waals surface area contributed by atoms with E-state index in [1.165, 1.54) is 42.7 Å². The predicted molar refractivity (Wildman–Crippen MR) is 105 cm³/mol. The van der Waals surface area contributed by atoms with Gasteiger partial charge in [-0.25, -0.2) is 0 Å². The molecule has 0 radical (unpaired) electrons. The minimum Gasteiger partial charge on any atom is -0.377 e. The van der Waals surface area contributed by atoms with Crippen molar-refractivity contribution in [3.8, 4) is 12.1 Å². The Bertz CT molecular complexity index is 522. The van der Waals surface area contributed by atoms with Gasteiger partial charge >= 0.3 is 17.6 Å². The third kappa shape index (κ3) is 7.31. The largest absolute Gasteiger partial charge is 0.500 e. The monoisotopic (exact) mass is 432 g/mol. The normalized spacial score (nSPS) is 16.9. The van der Waals surface area contributed by atoms with Crippen molar-refractivity contribution in [1.82, 2.24) is 0 Å². The van der Waals surface area contributed by atoms with Gasteiger partial charge in [-0.3, -0.25) is 0 Å². The average Bonchev–Trinajstić information content (AvgIpc) is 2.75. The molecular weight excluding hydrogens is 400 g/mol. The maximum Gasteiger partial charge on any atom is 0.500 e. The molecule has 0 spiro atoms. The number of hydrogen-bond acceptors (Lipinski definition) is 10. The summed E-state index contributed by atoms with van der Waals surface area (Å²) in [6.45, 7) is 3.29. The molecule has 160 valence electrons. The lowest BCUT2D eigenvalue weighted by Crippen LogP contribution is -2.44. The second-order valence-electron chi connectivity index (χ2n) is 6.56. The molecule has 10 nitrogen and oxygen atoms in total. The zero-order valence-electron chi connectivity index (χ0n) is 18.1. The van der Waals surface area contributed by atoms with E-state index in [-0.39, 0.29) is 0 Å². The fraction of sp³-hybridized carbons (Fsp3) is 0.875. The van der Waals surface area contributed by atoms with Crippen molar-refractivity contribution < 1.29 is 26.6 Å². The molecule has 0 saturated heterocycles. The van der Waals surface area contributed by atoms with Crippen LogP contribution in [0.5, 0.6) is 0 Å². The van der Waals surface area contributed by atoms with Crippen LogP contribution in [0.25, 0.3) is 0 Å². The van der Waals surface area contributed by atoms with Crippen LogP contribution < -0.4 is 0 Å². The Balaban J connectivity index is 5.32. The molecule has 0 saturated carbocycles. The zero-order valence-corrected chi connectivity index (χ0v) is 20.1. The zero-order chi connectivity index (χ0) is 21.9. The summed E-state index contributed by atoms with van der Waals surface area (Å²) in [7, 11) is 3.37. The lowest BCUT2D eigenvalue weighted by atomic mass is 10.0. The number of nitrogens with zero attached hydrogens (tertiary/aromatic N) is 4. The first-order valence-corrected chi connectivity index (χ1v) is 12.5. The van der Waals surface area contributed by atoms with E-state index in [2.05, 4.69) is 22.4 Å². The van der Waals surface area contributed by atoms with Crippen LogP contribution >= 0.6 is 0 Å². The van der Waals surface area contributed by atoms with Gasteiger partial charge in [0.05, 0.1) is 12.1 Å². The second-order valence-corrected chi connectivity index (χ2v) is 12.7. The summed E-state index contributed by atoms with van der Waals surface area (Å²) in [5, 5.41) is 27.6. The van der Waals surface area contributed by atoms with E-state index in [1.807, 2.05) is 0 Å². The lowest BCUT2D eigenvalue weighted by Gasteiger charge is -2.28. The standard InChI is InChI=1S/C16H32N4O6Si2/c1-15(13-17,9-11-27(21-3,22-4)23-5)19-20-16(2,14-18)10-12-28(24-6,25-7)26-8/h9-12H2,1-8H3. The number of rotatable bonds is 14. The van der Waals surface area contributed by atoms with Crippen molar-refractivity contribution in [2.45, 2.75) is 49.9 Å². The molecule has 0 aliphatic rings. The van der Waals surface area contributed by atoms with Crippen LogP contribution in [-0.2, 0) is 26.6 Å². The van der Waals surface area contributed by atoms with E-state index in [0.29, 0.717) is 24.9 Å². The molecule has 0 heterocycles. The van der Waals surface area contributed by atoms with Crippen molar-refractivity contribution in [3.05, 3.63) is 0 Å². The van der Waals surface area contributed by atoms with Crippen molar-refractivity contribution >= 4 is 17.6 Å². The minimum atomic E-state index is -2.84. The topological polar surface area (TPSA) is 128 Å². The SMILES string of the molecule is CO[Si](CCC(C)(C#N)N=NC(C)(C#N)CC[Si](OC)(OC)OC)(OC)OC. The molecular formula is C16H32N4O6Si2. The fourth-order valence-electron chi connectivity index (χ4n) is 2.38. The van der Waals surface area contributed by atoms with Gasteiger partial charge in [-0.1, -0.05) is 0 Å². The predicted octanol–water partition coefficient (Wildman–Crippen LogP) is 2.54. The molecule has 2 atom stereocenters. The van der Waals surface area contributed by atoms with E-state index >= 15 is 0 Å². The number of nitriles is 2. The van der Waals surface area contributed by atoms with Crippen LogP contribution in [0, 0.1) is 22.7 Å². The first kappa shape index (κ1) is 26.8. The minimum absolute atomic E-state index is 0.309. The summed E-state index contributed by atoms with van der Waals surface area (Å²) >= 11 is 0. The number of azo groups is 1. The molecule has 0 bridgehead atoms. The molecule has 0 aliphatic heterocycles. The molecule has 0 aromatic rings. The molecule has 12 heteroatoms. The Morgan fingerprint density at radius 1 is 0.643 bits per heavy atom. The summed E-state index contributed by atoms with van der Waals surface area (Å²) in [5.74, 6) is 0. The first-order chi connectivity index (χ1) is 13.1. The fourth-order valence-corrected chi connectivity index (χ4v) is 6.19. The van der Waals surface area contributed by atoms with Gasteiger partial charge in [-0.2, -0.15) is 20.8 Å². The summed E-state index contributed by atoms with van der Waals surface area (Å²) < 4.78 is 32.3. The Kier molecular flexibility index (Phi) is 11.2. The highest BCUT2D eigenvalue weighted by Gasteiger charge is 2.42. The lowest BCUT2D eigenvalue weighted by molar-refractivity contribution is 0.120. The van der Waals surface area contributed by atoms with Crippen molar-refractivity contribution in [2.75, 3.05) is 42.7 Å². The Labute approximate surface area is 170 Å². The average molecular weight is 433 g/mol. The smallest absolute Gasteiger partial charge is 0.377 e. The highest BCUT2D eigenvalue weighted by Crippen LogP contribution is 2.28. The van der Waals surface area contributed by atoms with Gasteiger partial charge < -0.3 is 26.6 Å². The van der Waals surface area contributed by atoms with E-state index in [0.717, 1.165) is 0 Å². The molecule has 0 aliphatic carbocycles. The van der Waals surface area contributed by atoms with Crippen LogP contribution in [0.15, 0.2) is 10.2 Å². The highest BCUT2D eigenvalue weighted by molar-refractivity contribution is 6.60. The van der Waals surface area contributed by atoms with E-state index in [9.17, 15) is 10.5 Å². The van der Waals surface area contributed by atoms with Crippen molar-refractivity contribution in [3.63, 3.8) is 0 Å². The molecule has 28 heavy (non-hydrogen) atoms. The summed E-state index contributed by atoms with van der Waals surface area (Å²) in [6, 6.07) is 5.06. The van der Waals surface area contributed by atoms with Gasteiger partial charge in [-0.15, -0.1) is 0 Å². The number of hydrogen-bond donors (Lipinski definition) is 0. The van der Waals surface area contributed by atoms with E-state index in [4.69, 9.17) is 26.6 Å². The maximum absolute atomic E-state index is 9.60. The molecule has 0 rings (SSSR count). The third-order valence-corrected chi connectivity index (χ3v) is 10.1. The van der Waals surface area contributed by atoms with Crippen LogP contribution in [0.1, 0.15) is 26.7 Å². The molecule has 0 aromatic carbocycles. The van der Waals surface area contributed by atoms with Crippen molar-refractivity contribution in [1.29, 1.82) is 10.5 Å². The third-order valence-electron chi connectivity index (χ3n) is 4.68. The second kappa shape index (κ2) is 11.7. The molecule has 0 aromatic heterocycles. The van der Waals surface area contributed by atoms with Gasteiger partial charge in [0.1, 0.15) is 0 Å². The maximum atomic E-state index is 9.60. The highest BCUT2D eigenvalue weighted by atomic mass is 28.4. The summed E-state index contributed by atoms with van der Waals surface area (Å²) in [4.78, 5) is 0. The summed E-state index contributed by atoms with van der Waals surface area (Å²) in [5.41, 5.74) is -2.30. The van der Waals surface area contributed by atoms with Crippen LogP contribution in [0.2, 0.25) is 12.1 Å². The Morgan fingerprint density at radius 2 is 0.893 bits per heavy atom. The van der Waals surface area contributed by atoms with Gasteiger partial charge in [0.2, 0.25) is 0 Å². The van der Waals surface area contributed by atoms with Gasteiger partial charge in [0.15, 0.2) is 11.1 Å². The van der Waals surface area contributed by atoms with Crippen LogP contribution in [-0.4, -0.2) is 71.3 Å². The molecule has 0 fully saturated rings. The van der Waals surface area contributed by atoms with E-state index < -0.39 is 28.7 Å². The van der Waals surface area contributed by atoms with Gasteiger partial charge in [-0.05, 0) is 26.7 Å². The van der Waals surface area contributed by atoms with Crippen LogP contribution in [0.3, 0.4) is 0 Å². The van der Waals surface area contributed by atoms with Crippen LogP contribution in [0.4, 0.5) is 0 Å². The van der Waals surface area contributed by atoms with Gasteiger partial charge in [0.25, 0.3) is 0 Å². The quantitative estimate of drug-likeness (QED) is 0.302.